The fourth-order valence-electron chi connectivity index (χ4n) is 2.16. The molecule has 1 aromatic rings. The number of aromatic nitrogens is 2. The monoisotopic (exact) mass is 240 g/mol. The first-order valence-electron chi connectivity index (χ1n) is 6.15. The molecule has 0 spiro atoms. The van der Waals surface area contributed by atoms with Crippen molar-refractivity contribution in [3.05, 3.63) is 11.7 Å². The summed E-state index contributed by atoms with van der Waals surface area (Å²) in [5.74, 6) is 1.46. The van der Waals surface area contributed by atoms with E-state index in [2.05, 4.69) is 10.1 Å². The Bertz CT molecular complexity index is 378. The Morgan fingerprint density at radius 2 is 2.29 bits per heavy atom. The lowest BCUT2D eigenvalue weighted by Crippen LogP contribution is -2.41. The summed E-state index contributed by atoms with van der Waals surface area (Å²) < 4.78 is 10.6. The van der Waals surface area contributed by atoms with Gasteiger partial charge in [0.25, 0.3) is 0 Å². The van der Waals surface area contributed by atoms with Crippen LogP contribution in [0.1, 0.15) is 51.2 Å². The zero-order valence-electron chi connectivity index (χ0n) is 10.6. The van der Waals surface area contributed by atoms with E-state index in [-0.39, 0.29) is 12.0 Å². The predicted octanol–water partition coefficient (Wildman–Crippen LogP) is 1.67. The summed E-state index contributed by atoms with van der Waals surface area (Å²) in [7, 11) is 0. The molecule has 1 fully saturated rings. The number of hydrogen-bond acceptors (Lipinski definition) is 5. The molecule has 0 aliphatic carbocycles. The van der Waals surface area contributed by atoms with Gasteiger partial charge in [0.05, 0.1) is 18.1 Å². The smallest absolute Gasteiger partial charge is 0.229 e. The van der Waals surface area contributed by atoms with Gasteiger partial charge in [0.2, 0.25) is 5.89 Å². The summed E-state index contributed by atoms with van der Waals surface area (Å²) in [4.78, 5) is 4.30. The average molecular weight is 240 g/mol. The molecule has 1 aliphatic rings. The van der Waals surface area contributed by atoms with Gasteiger partial charge in [-0.1, -0.05) is 19.0 Å². The van der Waals surface area contributed by atoms with Crippen LogP contribution < -0.4 is 0 Å². The van der Waals surface area contributed by atoms with Gasteiger partial charge in [-0.05, 0) is 6.92 Å². The molecule has 0 amide bonds. The third kappa shape index (κ3) is 3.04. The lowest BCUT2D eigenvalue weighted by molar-refractivity contribution is -0.0987. The Morgan fingerprint density at radius 1 is 1.53 bits per heavy atom. The van der Waals surface area contributed by atoms with Gasteiger partial charge < -0.3 is 14.4 Å². The first-order valence-corrected chi connectivity index (χ1v) is 6.15. The van der Waals surface area contributed by atoms with Crippen molar-refractivity contribution in [3.8, 4) is 0 Å². The topological polar surface area (TPSA) is 68.4 Å². The standard InChI is InChI=1S/C12H20N2O3/c1-8(2)11-13-10(17-14-11)7-12(15)4-5-16-9(3)6-12/h8-9,15H,4-7H2,1-3H3/t9-,12+/m1/s1. The maximum atomic E-state index is 10.4. The maximum absolute atomic E-state index is 10.4. The Morgan fingerprint density at radius 3 is 2.88 bits per heavy atom. The normalized spacial score (nSPS) is 29.8. The van der Waals surface area contributed by atoms with Crippen LogP contribution in [0.2, 0.25) is 0 Å². The van der Waals surface area contributed by atoms with E-state index >= 15 is 0 Å². The highest BCUT2D eigenvalue weighted by Gasteiger charge is 2.35. The molecule has 1 N–H and O–H groups in total. The highest BCUT2D eigenvalue weighted by atomic mass is 16.5. The largest absolute Gasteiger partial charge is 0.389 e. The summed E-state index contributed by atoms with van der Waals surface area (Å²) in [5, 5.41) is 14.3. The molecule has 2 atom stereocenters. The van der Waals surface area contributed by atoms with Gasteiger partial charge in [0, 0.05) is 25.4 Å². The number of ether oxygens (including phenoxy) is 1. The molecule has 0 saturated carbocycles. The molecule has 0 unspecified atom stereocenters. The minimum atomic E-state index is -0.765. The minimum absolute atomic E-state index is 0.0845. The zero-order chi connectivity index (χ0) is 12.5. The van der Waals surface area contributed by atoms with E-state index in [1.807, 2.05) is 20.8 Å². The maximum Gasteiger partial charge on any atom is 0.229 e. The average Bonchev–Trinajstić information content (AvgIpc) is 2.64. The Balaban J connectivity index is 2.03. The lowest BCUT2D eigenvalue weighted by atomic mass is 9.88. The first-order chi connectivity index (χ1) is 7.98. The second-order valence-corrected chi connectivity index (χ2v) is 5.24. The van der Waals surface area contributed by atoms with Crippen molar-refractivity contribution in [3.63, 3.8) is 0 Å². The quantitative estimate of drug-likeness (QED) is 0.870. The highest BCUT2D eigenvalue weighted by molar-refractivity contribution is 4.97. The van der Waals surface area contributed by atoms with E-state index in [1.165, 1.54) is 0 Å². The van der Waals surface area contributed by atoms with Crippen LogP contribution in [-0.2, 0) is 11.2 Å². The summed E-state index contributed by atoms with van der Waals surface area (Å²) >= 11 is 0. The molecule has 2 rings (SSSR count). The lowest BCUT2D eigenvalue weighted by Gasteiger charge is -2.34. The van der Waals surface area contributed by atoms with Crippen molar-refractivity contribution in [2.45, 2.75) is 57.7 Å². The van der Waals surface area contributed by atoms with Crippen LogP contribution in [0.5, 0.6) is 0 Å². The molecule has 0 radical (unpaired) electrons. The number of rotatable bonds is 3. The van der Waals surface area contributed by atoms with Crippen LogP contribution >= 0.6 is 0 Å². The van der Waals surface area contributed by atoms with E-state index in [0.29, 0.717) is 37.6 Å². The van der Waals surface area contributed by atoms with Crippen molar-refractivity contribution in [1.82, 2.24) is 10.1 Å². The summed E-state index contributed by atoms with van der Waals surface area (Å²) in [6.45, 7) is 6.58. The molecule has 1 aliphatic heterocycles. The Kier molecular flexibility index (Phi) is 3.49. The van der Waals surface area contributed by atoms with Gasteiger partial charge in [-0.2, -0.15) is 4.98 Å². The van der Waals surface area contributed by atoms with Crippen LogP contribution in [-0.4, -0.2) is 33.6 Å². The van der Waals surface area contributed by atoms with Gasteiger partial charge in [0.1, 0.15) is 0 Å². The predicted molar refractivity (Wildman–Crippen MR) is 61.7 cm³/mol. The van der Waals surface area contributed by atoms with E-state index in [1.54, 1.807) is 0 Å². The fourth-order valence-corrected chi connectivity index (χ4v) is 2.16. The molecule has 1 aromatic heterocycles. The first kappa shape index (κ1) is 12.5. The van der Waals surface area contributed by atoms with Crippen LogP contribution in [0.15, 0.2) is 4.52 Å². The van der Waals surface area contributed by atoms with Gasteiger partial charge in [-0.25, -0.2) is 0 Å². The van der Waals surface area contributed by atoms with Crippen molar-refractivity contribution < 1.29 is 14.4 Å². The molecule has 2 heterocycles. The third-order valence-corrected chi connectivity index (χ3v) is 3.12. The van der Waals surface area contributed by atoms with E-state index in [9.17, 15) is 5.11 Å². The SMILES string of the molecule is CC(C)c1noc(C[C@]2(O)CCO[C@H](C)C2)n1. The number of nitrogens with zero attached hydrogens (tertiary/aromatic N) is 2. The molecular formula is C12H20N2O3. The van der Waals surface area contributed by atoms with Crippen LogP contribution in [0, 0.1) is 0 Å². The zero-order valence-corrected chi connectivity index (χ0v) is 10.6. The summed E-state index contributed by atoms with van der Waals surface area (Å²) in [6, 6.07) is 0. The highest BCUT2D eigenvalue weighted by Crippen LogP contribution is 2.28. The summed E-state index contributed by atoms with van der Waals surface area (Å²) in [6.07, 6.45) is 1.74. The van der Waals surface area contributed by atoms with Crippen molar-refractivity contribution in [1.29, 1.82) is 0 Å². The second-order valence-electron chi connectivity index (χ2n) is 5.24. The van der Waals surface area contributed by atoms with Gasteiger partial charge in [-0.3, -0.25) is 0 Å². The molecule has 17 heavy (non-hydrogen) atoms. The Hall–Kier alpha value is -0.940. The van der Waals surface area contributed by atoms with Crippen molar-refractivity contribution >= 4 is 0 Å². The van der Waals surface area contributed by atoms with Crippen molar-refractivity contribution in [2.75, 3.05) is 6.61 Å². The molecule has 96 valence electrons. The van der Waals surface area contributed by atoms with Crippen molar-refractivity contribution in [2.24, 2.45) is 0 Å². The van der Waals surface area contributed by atoms with Gasteiger partial charge >= 0.3 is 0 Å². The van der Waals surface area contributed by atoms with Crippen LogP contribution in [0.3, 0.4) is 0 Å². The minimum Gasteiger partial charge on any atom is -0.389 e. The molecule has 5 nitrogen and oxygen atoms in total. The number of aliphatic hydroxyl groups is 1. The van der Waals surface area contributed by atoms with E-state index < -0.39 is 5.60 Å². The second kappa shape index (κ2) is 4.74. The van der Waals surface area contributed by atoms with Crippen LogP contribution in [0.4, 0.5) is 0 Å². The third-order valence-electron chi connectivity index (χ3n) is 3.12. The molecule has 5 heteroatoms. The van der Waals surface area contributed by atoms with E-state index in [0.717, 1.165) is 0 Å². The fraction of sp³-hybridized carbons (Fsp3) is 0.833. The molecule has 0 aromatic carbocycles. The van der Waals surface area contributed by atoms with Gasteiger partial charge in [-0.15, -0.1) is 0 Å². The molecule has 0 bridgehead atoms. The summed E-state index contributed by atoms with van der Waals surface area (Å²) in [5.41, 5.74) is -0.765. The molecule has 1 saturated heterocycles. The van der Waals surface area contributed by atoms with Crippen LogP contribution in [0.25, 0.3) is 0 Å². The number of hydrogen-bond donors (Lipinski definition) is 1. The molecular weight excluding hydrogens is 220 g/mol. The van der Waals surface area contributed by atoms with Gasteiger partial charge in [0.15, 0.2) is 5.82 Å². The van der Waals surface area contributed by atoms with E-state index in [4.69, 9.17) is 9.26 Å². The Labute approximate surface area is 101 Å².